The van der Waals surface area contributed by atoms with Crippen molar-refractivity contribution in [2.24, 2.45) is 0 Å². The smallest absolute Gasteiger partial charge is 0.303 e. The quantitative estimate of drug-likeness (QED) is 0.821. The van der Waals surface area contributed by atoms with Gasteiger partial charge in [0.15, 0.2) is 0 Å². The number of aliphatic carboxylic acids is 1. The van der Waals surface area contributed by atoms with Crippen LogP contribution in [0.2, 0.25) is 0 Å². The van der Waals surface area contributed by atoms with Crippen LogP contribution in [0.15, 0.2) is 18.3 Å². The number of carbonyl (C=O) groups excluding carboxylic acids is 2. The molecule has 0 spiro atoms. The summed E-state index contributed by atoms with van der Waals surface area (Å²) in [6.45, 7) is 4.42. The molecule has 0 aromatic carbocycles. The lowest BCUT2D eigenvalue weighted by Crippen LogP contribution is -2.48. The van der Waals surface area contributed by atoms with Crippen molar-refractivity contribution < 1.29 is 19.5 Å². The van der Waals surface area contributed by atoms with Crippen LogP contribution in [-0.4, -0.2) is 59.0 Å². The van der Waals surface area contributed by atoms with Crippen LogP contribution in [0.3, 0.4) is 0 Å². The molecular weight excluding hydrogens is 300 g/mol. The van der Waals surface area contributed by atoms with Gasteiger partial charge in [-0.15, -0.1) is 0 Å². The van der Waals surface area contributed by atoms with Crippen LogP contribution in [-0.2, 0) is 14.4 Å². The summed E-state index contributed by atoms with van der Waals surface area (Å²) >= 11 is 0. The number of rotatable bonds is 5. The molecule has 0 bridgehead atoms. The topological polar surface area (TPSA) is 103 Å². The number of hydrogen-bond donors (Lipinski definition) is 2. The van der Waals surface area contributed by atoms with Crippen molar-refractivity contribution in [3.63, 3.8) is 0 Å². The molecule has 1 aromatic rings. The number of aromatic nitrogens is 1. The zero-order chi connectivity index (χ0) is 16.8. The average Bonchev–Trinajstić information content (AvgIpc) is 2.54. The number of piperazine rings is 1. The molecular formula is C15H20N4O4. The second-order valence-electron chi connectivity index (χ2n) is 5.34. The molecule has 0 saturated carbocycles. The lowest BCUT2D eigenvalue weighted by atomic mass is 10.2. The Morgan fingerprint density at radius 3 is 2.39 bits per heavy atom. The molecule has 0 atom stereocenters. The van der Waals surface area contributed by atoms with Gasteiger partial charge in [0.25, 0.3) is 0 Å². The first-order chi connectivity index (χ1) is 11.0. The van der Waals surface area contributed by atoms with E-state index >= 15 is 0 Å². The number of carboxylic acids is 1. The Hall–Kier alpha value is -2.64. The van der Waals surface area contributed by atoms with Crippen molar-refractivity contribution in [3.05, 3.63) is 18.3 Å². The van der Waals surface area contributed by atoms with Gasteiger partial charge in [-0.25, -0.2) is 4.98 Å². The Morgan fingerprint density at radius 1 is 1.17 bits per heavy atom. The monoisotopic (exact) mass is 320 g/mol. The highest BCUT2D eigenvalue weighted by Gasteiger charge is 2.19. The fourth-order valence-electron chi connectivity index (χ4n) is 2.35. The molecule has 23 heavy (non-hydrogen) atoms. The molecule has 2 N–H and O–H groups in total. The van der Waals surface area contributed by atoms with Gasteiger partial charge in [-0.05, 0) is 12.1 Å². The van der Waals surface area contributed by atoms with E-state index < -0.39 is 5.97 Å². The van der Waals surface area contributed by atoms with Crippen molar-refractivity contribution in [1.82, 2.24) is 9.88 Å². The van der Waals surface area contributed by atoms with E-state index in [9.17, 15) is 14.4 Å². The molecule has 1 saturated heterocycles. The van der Waals surface area contributed by atoms with Crippen LogP contribution in [0.25, 0.3) is 0 Å². The molecule has 1 fully saturated rings. The van der Waals surface area contributed by atoms with Crippen LogP contribution in [0.1, 0.15) is 19.8 Å². The highest BCUT2D eigenvalue weighted by atomic mass is 16.4. The molecule has 2 rings (SSSR count). The Balaban J connectivity index is 1.86. The third-order valence-corrected chi connectivity index (χ3v) is 3.67. The molecule has 8 nitrogen and oxygen atoms in total. The van der Waals surface area contributed by atoms with E-state index in [-0.39, 0.29) is 24.7 Å². The summed E-state index contributed by atoms with van der Waals surface area (Å²) in [5.74, 6) is -0.899. The normalized spacial score (nSPS) is 14.5. The maximum atomic E-state index is 11.5. The summed E-state index contributed by atoms with van der Waals surface area (Å²) in [5.41, 5.74) is 0.928. The second kappa shape index (κ2) is 7.57. The first kappa shape index (κ1) is 16.7. The number of hydrogen-bond acceptors (Lipinski definition) is 5. The zero-order valence-corrected chi connectivity index (χ0v) is 13.0. The van der Waals surface area contributed by atoms with E-state index in [1.165, 1.54) is 0 Å². The van der Waals surface area contributed by atoms with Gasteiger partial charge in [0, 0.05) is 39.5 Å². The summed E-state index contributed by atoms with van der Waals surface area (Å²) in [5, 5.41) is 11.1. The molecule has 0 aliphatic carbocycles. The predicted molar refractivity (Wildman–Crippen MR) is 84.2 cm³/mol. The number of carboxylic acid groups (broad SMARTS) is 1. The third kappa shape index (κ3) is 4.94. The van der Waals surface area contributed by atoms with E-state index in [4.69, 9.17) is 5.11 Å². The van der Waals surface area contributed by atoms with Crippen LogP contribution in [0.5, 0.6) is 0 Å². The molecule has 0 unspecified atom stereocenters. The minimum atomic E-state index is -1.01. The fraction of sp³-hybridized carbons (Fsp3) is 0.467. The van der Waals surface area contributed by atoms with Crippen LogP contribution in [0.4, 0.5) is 11.5 Å². The summed E-state index contributed by atoms with van der Waals surface area (Å²) < 4.78 is 0. The summed E-state index contributed by atoms with van der Waals surface area (Å²) in [7, 11) is 0. The van der Waals surface area contributed by atoms with Crippen LogP contribution < -0.4 is 10.2 Å². The van der Waals surface area contributed by atoms with Gasteiger partial charge in [-0.3, -0.25) is 14.4 Å². The van der Waals surface area contributed by atoms with Crippen molar-refractivity contribution >= 4 is 29.3 Å². The first-order valence-corrected chi connectivity index (χ1v) is 7.44. The van der Waals surface area contributed by atoms with E-state index in [1.807, 2.05) is 6.07 Å². The standard InChI is InChI=1S/C15H20N4O4/c1-11(20)18-6-8-19(9-7-18)12-2-3-13(16-10-12)17-14(21)4-5-15(22)23/h2-3,10H,4-9H2,1H3,(H,22,23)(H,16,17,21). The van der Waals surface area contributed by atoms with Crippen molar-refractivity contribution in [3.8, 4) is 0 Å². The van der Waals surface area contributed by atoms with Crippen molar-refractivity contribution in [1.29, 1.82) is 0 Å². The molecule has 1 aliphatic heterocycles. The maximum absolute atomic E-state index is 11.5. The fourth-order valence-corrected chi connectivity index (χ4v) is 2.35. The second-order valence-corrected chi connectivity index (χ2v) is 5.34. The van der Waals surface area contributed by atoms with Gasteiger partial charge in [0.1, 0.15) is 5.82 Å². The van der Waals surface area contributed by atoms with E-state index in [1.54, 1.807) is 24.1 Å². The Morgan fingerprint density at radius 2 is 1.87 bits per heavy atom. The minimum Gasteiger partial charge on any atom is -0.481 e. The third-order valence-electron chi connectivity index (χ3n) is 3.67. The lowest BCUT2D eigenvalue weighted by molar-refractivity contribution is -0.138. The Kier molecular flexibility index (Phi) is 5.51. The van der Waals surface area contributed by atoms with E-state index in [0.717, 1.165) is 18.8 Å². The Bertz CT molecular complexity index is 580. The predicted octanol–water partition coefficient (Wildman–Crippen LogP) is 0.553. The largest absolute Gasteiger partial charge is 0.481 e. The molecule has 1 aliphatic rings. The Labute approximate surface area is 134 Å². The SMILES string of the molecule is CC(=O)N1CCN(c2ccc(NC(=O)CCC(=O)O)nc2)CC1. The lowest BCUT2D eigenvalue weighted by Gasteiger charge is -2.35. The summed E-state index contributed by atoms with van der Waals surface area (Å²) in [6.07, 6.45) is 1.38. The van der Waals surface area contributed by atoms with Crippen LogP contribution in [0, 0.1) is 0 Å². The molecule has 8 heteroatoms. The van der Waals surface area contributed by atoms with Gasteiger partial charge < -0.3 is 20.2 Å². The highest BCUT2D eigenvalue weighted by molar-refractivity contribution is 5.91. The van der Waals surface area contributed by atoms with Gasteiger partial charge in [-0.1, -0.05) is 0 Å². The molecule has 2 heterocycles. The maximum Gasteiger partial charge on any atom is 0.303 e. The van der Waals surface area contributed by atoms with Crippen molar-refractivity contribution in [2.75, 3.05) is 36.4 Å². The van der Waals surface area contributed by atoms with E-state index in [2.05, 4.69) is 15.2 Å². The molecule has 124 valence electrons. The first-order valence-electron chi connectivity index (χ1n) is 7.44. The minimum absolute atomic E-state index is 0.0776. The summed E-state index contributed by atoms with van der Waals surface area (Å²) in [6, 6.07) is 3.54. The number of nitrogens with one attached hydrogen (secondary N) is 1. The zero-order valence-electron chi connectivity index (χ0n) is 13.0. The number of carbonyl (C=O) groups is 3. The van der Waals surface area contributed by atoms with Gasteiger partial charge in [0.2, 0.25) is 11.8 Å². The number of pyridine rings is 1. The molecule has 1 aromatic heterocycles. The molecule has 2 amide bonds. The summed E-state index contributed by atoms with van der Waals surface area (Å²) in [4.78, 5) is 41.4. The number of nitrogens with zero attached hydrogens (tertiary/aromatic N) is 3. The number of anilines is 2. The van der Waals surface area contributed by atoms with Gasteiger partial charge >= 0.3 is 5.97 Å². The average molecular weight is 320 g/mol. The van der Waals surface area contributed by atoms with E-state index in [0.29, 0.717) is 18.9 Å². The van der Waals surface area contributed by atoms with Crippen LogP contribution >= 0.6 is 0 Å². The molecule has 0 radical (unpaired) electrons. The van der Waals surface area contributed by atoms with Gasteiger partial charge in [-0.2, -0.15) is 0 Å². The highest BCUT2D eigenvalue weighted by Crippen LogP contribution is 2.17. The van der Waals surface area contributed by atoms with Gasteiger partial charge in [0.05, 0.1) is 18.3 Å². The number of amides is 2. The van der Waals surface area contributed by atoms with Crippen molar-refractivity contribution in [2.45, 2.75) is 19.8 Å².